The van der Waals surface area contributed by atoms with E-state index in [1.165, 1.54) is 0 Å². The average Bonchev–Trinajstić information content (AvgIpc) is 3.18. The summed E-state index contributed by atoms with van der Waals surface area (Å²) in [6.07, 6.45) is 4.67. The molecular formula is C24H29BrN2O2. The fourth-order valence-electron chi connectivity index (χ4n) is 3.90. The zero-order valence-electron chi connectivity index (χ0n) is 17.2. The number of benzene rings is 2. The second-order valence-corrected chi connectivity index (χ2v) is 8.90. The molecule has 2 amide bonds. The second-order valence-electron chi connectivity index (χ2n) is 7.98. The van der Waals surface area contributed by atoms with Crippen LogP contribution < -0.4 is 5.32 Å². The Morgan fingerprint density at radius 3 is 2.48 bits per heavy atom. The lowest BCUT2D eigenvalue weighted by atomic mass is 10.1. The maximum absolute atomic E-state index is 13.2. The maximum atomic E-state index is 13.2. The van der Waals surface area contributed by atoms with Gasteiger partial charge in [-0.3, -0.25) is 9.59 Å². The van der Waals surface area contributed by atoms with Crippen molar-refractivity contribution in [1.29, 1.82) is 0 Å². The van der Waals surface area contributed by atoms with E-state index < -0.39 is 6.04 Å². The number of rotatable bonds is 7. The summed E-state index contributed by atoms with van der Waals surface area (Å²) in [4.78, 5) is 27.8. The molecule has 1 fully saturated rings. The molecule has 1 N–H and O–H groups in total. The van der Waals surface area contributed by atoms with E-state index in [1.54, 1.807) is 4.90 Å². The smallest absolute Gasteiger partial charge is 0.242 e. The molecule has 0 spiro atoms. The molecule has 0 heterocycles. The fourth-order valence-corrected chi connectivity index (χ4v) is 4.35. The third kappa shape index (κ3) is 6.17. The van der Waals surface area contributed by atoms with Crippen LogP contribution in [0.2, 0.25) is 0 Å². The van der Waals surface area contributed by atoms with Crippen molar-refractivity contribution in [3.8, 4) is 0 Å². The van der Waals surface area contributed by atoms with Crippen LogP contribution in [0.15, 0.2) is 53.0 Å². The van der Waals surface area contributed by atoms with Crippen LogP contribution in [0.1, 0.15) is 49.3 Å². The molecule has 0 unspecified atom stereocenters. The Bertz CT molecular complexity index is 861. The van der Waals surface area contributed by atoms with Gasteiger partial charge in [-0.25, -0.2) is 0 Å². The lowest BCUT2D eigenvalue weighted by Crippen LogP contribution is -2.50. The molecule has 5 heteroatoms. The van der Waals surface area contributed by atoms with Crippen LogP contribution in [0.4, 0.5) is 0 Å². The van der Waals surface area contributed by atoms with Crippen molar-refractivity contribution in [2.24, 2.45) is 0 Å². The van der Waals surface area contributed by atoms with Crippen LogP contribution in [0, 0.1) is 6.92 Å². The number of carbonyl (C=O) groups is 2. The van der Waals surface area contributed by atoms with Gasteiger partial charge in [0.1, 0.15) is 6.04 Å². The van der Waals surface area contributed by atoms with E-state index in [4.69, 9.17) is 0 Å². The monoisotopic (exact) mass is 456 g/mol. The van der Waals surface area contributed by atoms with Gasteiger partial charge in [-0.1, -0.05) is 70.7 Å². The molecule has 0 saturated heterocycles. The van der Waals surface area contributed by atoms with Crippen LogP contribution in [0.5, 0.6) is 0 Å². The molecule has 2 aromatic carbocycles. The van der Waals surface area contributed by atoms with Crippen molar-refractivity contribution in [3.63, 3.8) is 0 Å². The minimum Gasteiger partial charge on any atom is -0.352 e. The van der Waals surface area contributed by atoms with Gasteiger partial charge in [-0.15, -0.1) is 0 Å². The number of hydrogen-bond acceptors (Lipinski definition) is 2. The molecule has 4 nitrogen and oxygen atoms in total. The molecular weight excluding hydrogens is 428 g/mol. The molecule has 1 saturated carbocycles. The summed E-state index contributed by atoms with van der Waals surface area (Å²) in [6.45, 7) is 4.25. The number of nitrogens with zero attached hydrogens (tertiary/aromatic N) is 1. The summed E-state index contributed by atoms with van der Waals surface area (Å²) in [6, 6.07) is 15.6. The van der Waals surface area contributed by atoms with Crippen molar-refractivity contribution in [2.75, 3.05) is 0 Å². The Labute approximate surface area is 181 Å². The number of carbonyl (C=O) groups excluding carboxylic acids is 2. The highest BCUT2D eigenvalue weighted by Gasteiger charge is 2.28. The predicted molar refractivity (Wildman–Crippen MR) is 119 cm³/mol. The third-order valence-electron chi connectivity index (χ3n) is 5.55. The Morgan fingerprint density at radius 2 is 1.79 bits per heavy atom. The Morgan fingerprint density at radius 1 is 1.10 bits per heavy atom. The zero-order valence-corrected chi connectivity index (χ0v) is 18.7. The van der Waals surface area contributed by atoms with Crippen molar-refractivity contribution in [2.45, 2.75) is 64.6 Å². The first kappa shape index (κ1) is 21.6. The Hall–Kier alpha value is -2.14. The summed E-state index contributed by atoms with van der Waals surface area (Å²) < 4.78 is 0.962. The number of amides is 2. The second kappa shape index (κ2) is 10.1. The molecule has 0 aliphatic heterocycles. The molecule has 1 aliphatic rings. The SMILES string of the molecule is Cc1cccc(CC(=O)N(Cc2cccc(Br)c2)[C@H](C)C(=O)NC2CCCC2)c1. The molecule has 2 aromatic rings. The topological polar surface area (TPSA) is 49.4 Å². The van der Waals surface area contributed by atoms with Crippen LogP contribution in [-0.4, -0.2) is 28.8 Å². The number of halogens is 1. The van der Waals surface area contributed by atoms with Crippen molar-refractivity contribution >= 4 is 27.7 Å². The van der Waals surface area contributed by atoms with Crippen molar-refractivity contribution < 1.29 is 9.59 Å². The number of hydrogen-bond donors (Lipinski definition) is 1. The summed E-state index contributed by atoms with van der Waals surface area (Å²) in [5.74, 6) is -0.103. The van der Waals surface area contributed by atoms with Gasteiger partial charge in [0.15, 0.2) is 0 Å². The third-order valence-corrected chi connectivity index (χ3v) is 6.04. The highest BCUT2D eigenvalue weighted by atomic mass is 79.9. The van der Waals surface area contributed by atoms with E-state index in [9.17, 15) is 9.59 Å². The van der Waals surface area contributed by atoms with Crippen LogP contribution in [0.3, 0.4) is 0 Å². The molecule has 29 heavy (non-hydrogen) atoms. The van der Waals surface area contributed by atoms with Crippen LogP contribution in [-0.2, 0) is 22.6 Å². The molecule has 0 aromatic heterocycles. The first-order chi connectivity index (χ1) is 13.9. The first-order valence-corrected chi connectivity index (χ1v) is 11.1. The van der Waals surface area contributed by atoms with Gasteiger partial charge >= 0.3 is 0 Å². The van der Waals surface area contributed by atoms with Crippen molar-refractivity contribution in [3.05, 3.63) is 69.7 Å². The normalized spacial score (nSPS) is 15.1. The Kier molecular flexibility index (Phi) is 7.48. The van der Waals surface area contributed by atoms with E-state index in [-0.39, 0.29) is 24.3 Å². The van der Waals surface area contributed by atoms with Gasteiger partial charge in [0.25, 0.3) is 0 Å². The van der Waals surface area contributed by atoms with Gasteiger partial charge in [0.05, 0.1) is 6.42 Å². The summed E-state index contributed by atoms with van der Waals surface area (Å²) in [5.41, 5.74) is 3.09. The largest absolute Gasteiger partial charge is 0.352 e. The number of aryl methyl sites for hydroxylation is 1. The molecule has 1 aliphatic carbocycles. The Balaban J connectivity index is 1.77. The van der Waals surface area contributed by atoms with Gasteiger partial charge in [-0.2, -0.15) is 0 Å². The molecule has 0 bridgehead atoms. The molecule has 154 valence electrons. The lowest BCUT2D eigenvalue weighted by Gasteiger charge is -2.30. The minimum atomic E-state index is -0.521. The van der Waals surface area contributed by atoms with Gasteiger partial charge in [-0.05, 0) is 49.9 Å². The fraction of sp³-hybridized carbons (Fsp3) is 0.417. The summed E-state index contributed by atoms with van der Waals surface area (Å²) >= 11 is 3.49. The van der Waals surface area contributed by atoms with E-state index in [1.807, 2.05) is 62.4 Å². The zero-order chi connectivity index (χ0) is 20.8. The van der Waals surface area contributed by atoms with Gasteiger partial charge in [0, 0.05) is 17.1 Å². The average molecular weight is 457 g/mol. The highest BCUT2D eigenvalue weighted by Crippen LogP contribution is 2.20. The van der Waals surface area contributed by atoms with Gasteiger partial charge < -0.3 is 10.2 Å². The van der Waals surface area contributed by atoms with E-state index in [0.717, 1.165) is 46.8 Å². The number of nitrogens with one attached hydrogen (secondary N) is 1. The van der Waals surface area contributed by atoms with Crippen molar-refractivity contribution in [1.82, 2.24) is 10.2 Å². The van der Waals surface area contributed by atoms with Crippen LogP contribution in [0.25, 0.3) is 0 Å². The summed E-state index contributed by atoms with van der Waals surface area (Å²) in [7, 11) is 0. The molecule has 3 rings (SSSR count). The predicted octanol–water partition coefficient (Wildman–Crippen LogP) is 4.78. The standard InChI is InChI=1S/C24H29BrN2O2/c1-17-7-5-8-19(13-17)15-23(28)27(16-20-9-6-10-21(25)14-20)18(2)24(29)26-22-11-3-4-12-22/h5-10,13-14,18,22H,3-4,11-12,15-16H2,1-2H3,(H,26,29)/t18-/m1/s1. The van der Waals surface area contributed by atoms with Crippen LogP contribution >= 0.6 is 15.9 Å². The minimum absolute atomic E-state index is 0.0374. The highest BCUT2D eigenvalue weighted by molar-refractivity contribution is 9.10. The first-order valence-electron chi connectivity index (χ1n) is 10.3. The van der Waals surface area contributed by atoms with E-state index in [2.05, 4.69) is 21.2 Å². The molecule has 0 radical (unpaired) electrons. The maximum Gasteiger partial charge on any atom is 0.242 e. The van der Waals surface area contributed by atoms with Gasteiger partial charge in [0.2, 0.25) is 11.8 Å². The summed E-state index contributed by atoms with van der Waals surface area (Å²) in [5, 5.41) is 3.14. The van der Waals surface area contributed by atoms with E-state index >= 15 is 0 Å². The molecule has 1 atom stereocenters. The van der Waals surface area contributed by atoms with E-state index in [0.29, 0.717) is 6.54 Å². The lowest BCUT2D eigenvalue weighted by molar-refractivity contribution is -0.140. The quantitative estimate of drug-likeness (QED) is 0.651.